The Balaban J connectivity index is 1.59. The monoisotopic (exact) mass is 433 g/mol. The van der Waals surface area contributed by atoms with Crippen molar-refractivity contribution < 1.29 is 19.0 Å². The molecule has 0 aliphatic carbocycles. The quantitative estimate of drug-likeness (QED) is 0.369. The number of hydrogen-bond donors (Lipinski definition) is 3. The van der Waals surface area contributed by atoms with E-state index in [2.05, 4.69) is 36.2 Å². The molecule has 2 aromatic heterocycles. The summed E-state index contributed by atoms with van der Waals surface area (Å²) in [6, 6.07) is 13.8. The number of fused-ring (bicyclic) bond motifs is 1. The fourth-order valence-corrected chi connectivity index (χ4v) is 2.83. The van der Waals surface area contributed by atoms with Crippen molar-refractivity contribution in [2.45, 2.75) is 13.8 Å². The van der Waals surface area contributed by atoms with Crippen LogP contribution >= 0.6 is 0 Å². The van der Waals surface area contributed by atoms with Crippen LogP contribution in [0.4, 0.5) is 28.7 Å². The first-order valence-corrected chi connectivity index (χ1v) is 9.71. The lowest BCUT2D eigenvalue weighted by atomic mass is 10.2. The number of hydrogen-bond acceptors (Lipinski definition) is 10. The highest BCUT2D eigenvalue weighted by molar-refractivity contribution is 5.90. The van der Waals surface area contributed by atoms with Crippen LogP contribution in [0.2, 0.25) is 0 Å². The molecule has 2 aromatic carbocycles. The number of benzene rings is 2. The third-order valence-electron chi connectivity index (χ3n) is 4.24. The van der Waals surface area contributed by atoms with E-state index >= 15 is 0 Å². The molecule has 0 atom stereocenters. The summed E-state index contributed by atoms with van der Waals surface area (Å²) in [6.07, 6.45) is 0. The molecule has 11 nitrogen and oxygen atoms in total. The minimum atomic E-state index is -0.390. The molecule has 4 rings (SSSR count). The van der Waals surface area contributed by atoms with Crippen molar-refractivity contribution in [3.63, 3.8) is 0 Å². The van der Waals surface area contributed by atoms with E-state index < -0.39 is 0 Å². The zero-order valence-electron chi connectivity index (χ0n) is 17.2. The normalized spacial score (nSPS) is 10.6. The molecule has 4 aromatic rings. The van der Waals surface area contributed by atoms with E-state index in [4.69, 9.17) is 9.37 Å². The number of carbonyl (C=O) groups is 2. The van der Waals surface area contributed by atoms with Gasteiger partial charge in [-0.3, -0.25) is 4.79 Å². The minimum absolute atomic E-state index is 0.152. The van der Waals surface area contributed by atoms with Gasteiger partial charge >= 0.3 is 5.97 Å². The summed E-state index contributed by atoms with van der Waals surface area (Å²) < 4.78 is 9.72. The summed E-state index contributed by atoms with van der Waals surface area (Å²) in [5, 5.41) is 16.5. The van der Waals surface area contributed by atoms with Gasteiger partial charge in [-0.2, -0.15) is 0 Å². The lowest BCUT2D eigenvalue weighted by Gasteiger charge is -2.12. The Morgan fingerprint density at radius 3 is 1.84 bits per heavy atom. The largest absolute Gasteiger partial charge is 0.462 e. The average molecular weight is 433 g/mol. The van der Waals surface area contributed by atoms with Gasteiger partial charge in [0.2, 0.25) is 17.2 Å². The summed E-state index contributed by atoms with van der Waals surface area (Å²) in [5.41, 5.74) is 2.98. The highest BCUT2D eigenvalue weighted by Crippen LogP contribution is 2.27. The molecule has 0 fully saturated rings. The van der Waals surface area contributed by atoms with E-state index in [0.717, 1.165) is 0 Å². The molecule has 32 heavy (non-hydrogen) atoms. The fourth-order valence-electron chi connectivity index (χ4n) is 2.83. The fraction of sp³-hybridized carbons (Fsp3) is 0.143. The van der Waals surface area contributed by atoms with Gasteiger partial charge in [0.05, 0.1) is 12.2 Å². The number of esters is 1. The number of nitrogens with zero attached hydrogens (tertiary/aromatic N) is 4. The Morgan fingerprint density at radius 2 is 1.34 bits per heavy atom. The van der Waals surface area contributed by atoms with Gasteiger partial charge < -0.3 is 20.7 Å². The maximum atomic E-state index is 11.8. The summed E-state index contributed by atoms with van der Waals surface area (Å²) in [6.45, 7) is 3.50. The first-order chi connectivity index (χ1) is 15.5. The number of nitrogens with one attached hydrogen (secondary N) is 3. The molecule has 0 bridgehead atoms. The number of carbonyl (C=O) groups excluding carboxylic acids is 2. The Bertz CT molecular complexity index is 1250. The number of aromatic nitrogens is 4. The predicted octanol–water partition coefficient (Wildman–Crippen LogP) is 3.64. The number of anilines is 5. The molecule has 162 valence electrons. The zero-order chi connectivity index (χ0) is 22.5. The lowest BCUT2D eigenvalue weighted by Crippen LogP contribution is -2.06. The molecule has 0 unspecified atom stereocenters. The first kappa shape index (κ1) is 20.7. The standard InChI is InChI=1S/C21H19N7O4/c1-3-31-21(30)13-4-6-15(7-5-13)23-17-18(26-20-19(25-17)27-32-28-20)24-16-10-8-14(9-11-16)22-12(2)29/h4-11H,3H2,1-2H3,(H,22,29)(H,23,25,27)(H,24,26,28). The molecular formula is C21H19N7O4. The van der Waals surface area contributed by atoms with Gasteiger partial charge in [-0.1, -0.05) is 0 Å². The molecule has 3 N–H and O–H groups in total. The van der Waals surface area contributed by atoms with Gasteiger partial charge in [0, 0.05) is 24.0 Å². The smallest absolute Gasteiger partial charge is 0.338 e. The van der Waals surface area contributed by atoms with Crippen LogP contribution in [0.25, 0.3) is 11.3 Å². The van der Waals surface area contributed by atoms with Gasteiger partial charge in [-0.05, 0) is 65.8 Å². The van der Waals surface area contributed by atoms with Gasteiger partial charge in [0.1, 0.15) is 0 Å². The second-order valence-electron chi connectivity index (χ2n) is 6.64. The maximum Gasteiger partial charge on any atom is 0.338 e. The molecular weight excluding hydrogens is 414 g/mol. The Morgan fingerprint density at radius 1 is 0.844 bits per heavy atom. The van der Waals surface area contributed by atoms with Crippen molar-refractivity contribution in [1.82, 2.24) is 20.3 Å². The predicted molar refractivity (Wildman–Crippen MR) is 117 cm³/mol. The number of rotatable bonds is 7. The number of amides is 1. The van der Waals surface area contributed by atoms with Gasteiger partial charge in [-0.15, -0.1) is 0 Å². The van der Waals surface area contributed by atoms with E-state index in [1.165, 1.54) is 6.92 Å². The van der Waals surface area contributed by atoms with Crippen LogP contribution in [-0.4, -0.2) is 38.8 Å². The van der Waals surface area contributed by atoms with Gasteiger partial charge in [0.15, 0.2) is 11.6 Å². The van der Waals surface area contributed by atoms with Gasteiger partial charge in [-0.25, -0.2) is 19.4 Å². The second-order valence-corrected chi connectivity index (χ2v) is 6.64. The summed E-state index contributed by atoms with van der Waals surface area (Å²) >= 11 is 0. The third kappa shape index (κ3) is 4.78. The molecule has 0 aliphatic heterocycles. The van der Waals surface area contributed by atoms with Crippen molar-refractivity contribution in [2.24, 2.45) is 0 Å². The highest BCUT2D eigenvalue weighted by atomic mass is 16.6. The molecule has 0 radical (unpaired) electrons. The van der Waals surface area contributed by atoms with E-state index in [1.807, 2.05) is 0 Å². The van der Waals surface area contributed by atoms with Crippen LogP contribution in [0, 0.1) is 0 Å². The molecule has 0 aliphatic rings. The highest BCUT2D eigenvalue weighted by Gasteiger charge is 2.14. The third-order valence-corrected chi connectivity index (χ3v) is 4.24. The maximum absolute atomic E-state index is 11.8. The lowest BCUT2D eigenvalue weighted by molar-refractivity contribution is -0.114. The molecule has 0 spiro atoms. The van der Waals surface area contributed by atoms with E-state index in [0.29, 0.717) is 40.9 Å². The summed E-state index contributed by atoms with van der Waals surface area (Å²) in [5.74, 6) is 0.220. The van der Waals surface area contributed by atoms with Gasteiger partial charge in [0.25, 0.3) is 0 Å². The first-order valence-electron chi connectivity index (χ1n) is 9.71. The second kappa shape index (κ2) is 9.08. The van der Waals surface area contributed by atoms with E-state index in [1.54, 1.807) is 55.5 Å². The van der Waals surface area contributed by atoms with Crippen LogP contribution in [0.1, 0.15) is 24.2 Å². The van der Waals surface area contributed by atoms with E-state index in [9.17, 15) is 9.59 Å². The van der Waals surface area contributed by atoms with Crippen LogP contribution in [0.15, 0.2) is 53.2 Å². The molecule has 0 saturated heterocycles. The topological polar surface area (TPSA) is 144 Å². The minimum Gasteiger partial charge on any atom is -0.462 e. The molecule has 0 saturated carbocycles. The SMILES string of the molecule is CCOC(=O)c1ccc(Nc2nc3nonc3nc2Nc2ccc(NC(C)=O)cc2)cc1. The van der Waals surface area contributed by atoms with Crippen molar-refractivity contribution in [1.29, 1.82) is 0 Å². The zero-order valence-corrected chi connectivity index (χ0v) is 17.2. The average Bonchev–Trinajstić information content (AvgIpc) is 3.23. The Kier molecular flexibility index (Phi) is 5.88. The van der Waals surface area contributed by atoms with E-state index in [-0.39, 0.29) is 23.2 Å². The summed E-state index contributed by atoms with van der Waals surface area (Å²) in [7, 11) is 0. The summed E-state index contributed by atoms with van der Waals surface area (Å²) in [4.78, 5) is 31.9. The van der Waals surface area contributed by atoms with Crippen molar-refractivity contribution in [3.8, 4) is 0 Å². The van der Waals surface area contributed by atoms with Crippen LogP contribution in [0.5, 0.6) is 0 Å². The Hall–Kier alpha value is -4.54. The van der Waals surface area contributed by atoms with Crippen LogP contribution in [-0.2, 0) is 9.53 Å². The van der Waals surface area contributed by atoms with Crippen molar-refractivity contribution in [3.05, 3.63) is 54.1 Å². The van der Waals surface area contributed by atoms with Crippen LogP contribution < -0.4 is 16.0 Å². The molecule has 2 heterocycles. The molecule has 11 heteroatoms. The number of ether oxygens (including phenoxy) is 1. The van der Waals surface area contributed by atoms with Crippen LogP contribution in [0.3, 0.4) is 0 Å². The van der Waals surface area contributed by atoms with Crippen molar-refractivity contribution in [2.75, 3.05) is 22.6 Å². The molecule has 1 amide bonds. The van der Waals surface area contributed by atoms with Crippen molar-refractivity contribution >= 4 is 51.9 Å². The Labute approximate surface area is 182 Å².